The first-order valence-electron chi connectivity index (χ1n) is 6.96. The molecule has 0 aliphatic carbocycles. The van der Waals surface area contributed by atoms with Crippen molar-refractivity contribution in [2.24, 2.45) is 0 Å². The van der Waals surface area contributed by atoms with E-state index >= 15 is 0 Å². The van der Waals surface area contributed by atoms with Crippen molar-refractivity contribution >= 4 is 39.8 Å². The van der Waals surface area contributed by atoms with Gasteiger partial charge in [0.15, 0.2) is 0 Å². The Hall–Kier alpha value is -2.89. The molecule has 0 saturated carbocycles. The smallest absolute Gasteiger partial charge is 0.326 e. The highest BCUT2D eigenvalue weighted by Crippen LogP contribution is 2.31. The highest BCUT2D eigenvalue weighted by atomic mass is 16.5. The molecule has 0 aliphatic heterocycles. The van der Waals surface area contributed by atoms with Gasteiger partial charge in [-0.05, 0) is 24.6 Å². The summed E-state index contributed by atoms with van der Waals surface area (Å²) in [6.45, 7) is 5.98. The molecule has 6 heteroatoms. The van der Waals surface area contributed by atoms with Crippen LogP contribution in [-0.4, -0.2) is 27.1 Å². The first-order valence-corrected chi connectivity index (χ1v) is 6.96. The van der Waals surface area contributed by atoms with Crippen LogP contribution in [0.15, 0.2) is 31.1 Å². The third-order valence-corrected chi connectivity index (χ3v) is 3.52. The fraction of sp³-hybridized carbons (Fsp3) is 0.188. The molecule has 22 heavy (non-hydrogen) atoms. The minimum absolute atomic E-state index is 0.0811. The van der Waals surface area contributed by atoms with E-state index < -0.39 is 0 Å². The summed E-state index contributed by atoms with van der Waals surface area (Å²) in [5, 5.41) is 1.64. The molecule has 0 unspecified atom stereocenters. The average molecular weight is 296 g/mol. The van der Waals surface area contributed by atoms with Gasteiger partial charge in [-0.15, -0.1) is 0 Å². The lowest BCUT2D eigenvalue weighted by atomic mass is 10.1. The van der Waals surface area contributed by atoms with Gasteiger partial charge in [-0.1, -0.05) is 18.7 Å². The van der Waals surface area contributed by atoms with E-state index in [1.54, 1.807) is 17.6 Å². The summed E-state index contributed by atoms with van der Waals surface area (Å²) in [4.78, 5) is 20.2. The molecule has 3 aromatic rings. The van der Waals surface area contributed by atoms with E-state index in [9.17, 15) is 4.79 Å². The van der Waals surface area contributed by atoms with E-state index in [0.29, 0.717) is 18.1 Å². The number of fused-ring (bicyclic) bond motifs is 3. The highest BCUT2D eigenvalue weighted by Gasteiger charge is 2.17. The van der Waals surface area contributed by atoms with Gasteiger partial charge < -0.3 is 15.0 Å². The predicted octanol–water partition coefficient (Wildman–Crippen LogP) is 2.37. The maximum Gasteiger partial charge on any atom is 0.326 e. The van der Waals surface area contributed by atoms with Crippen molar-refractivity contribution in [1.29, 1.82) is 0 Å². The van der Waals surface area contributed by atoms with Crippen LogP contribution in [0.1, 0.15) is 12.5 Å². The number of esters is 1. The zero-order chi connectivity index (χ0) is 15.7. The van der Waals surface area contributed by atoms with Crippen molar-refractivity contribution in [1.82, 2.24) is 14.5 Å². The number of benzene rings is 1. The molecule has 2 N–H and O–H groups in total. The molecule has 0 bridgehead atoms. The second-order valence-electron chi connectivity index (χ2n) is 4.83. The monoisotopic (exact) mass is 296 g/mol. The van der Waals surface area contributed by atoms with Crippen molar-refractivity contribution in [3.63, 3.8) is 0 Å². The molecule has 6 nitrogen and oxygen atoms in total. The second kappa shape index (κ2) is 5.48. The van der Waals surface area contributed by atoms with E-state index in [2.05, 4.69) is 16.5 Å². The van der Waals surface area contributed by atoms with E-state index in [1.807, 2.05) is 18.2 Å². The summed E-state index contributed by atoms with van der Waals surface area (Å²) >= 11 is 0. The van der Waals surface area contributed by atoms with Crippen molar-refractivity contribution in [2.45, 2.75) is 13.5 Å². The number of nitrogen functional groups attached to an aromatic ring is 1. The number of carbonyl (C=O) groups excluding carboxylic acids is 1. The Labute approximate surface area is 127 Å². The largest absolute Gasteiger partial charge is 0.465 e. The quantitative estimate of drug-likeness (QED) is 0.747. The van der Waals surface area contributed by atoms with Gasteiger partial charge in [-0.25, -0.2) is 9.97 Å². The molecule has 0 radical (unpaired) electrons. The SMILES string of the molecule is C=Cc1ccc2c(c1)c1c(N)ncnc1n2CC(=O)OCC. The maximum atomic E-state index is 11.9. The lowest BCUT2D eigenvalue weighted by molar-refractivity contribution is -0.143. The first-order chi connectivity index (χ1) is 10.7. The van der Waals surface area contributed by atoms with Crippen LogP contribution < -0.4 is 5.73 Å². The van der Waals surface area contributed by atoms with Crippen LogP contribution >= 0.6 is 0 Å². The zero-order valence-corrected chi connectivity index (χ0v) is 12.2. The Bertz CT molecular complexity index is 883. The number of nitrogens with zero attached hydrogens (tertiary/aromatic N) is 3. The van der Waals surface area contributed by atoms with Gasteiger partial charge in [-0.2, -0.15) is 0 Å². The van der Waals surface area contributed by atoms with E-state index in [1.165, 1.54) is 6.33 Å². The van der Waals surface area contributed by atoms with E-state index in [4.69, 9.17) is 10.5 Å². The number of ether oxygens (including phenoxy) is 1. The third kappa shape index (κ3) is 2.18. The molecule has 2 heterocycles. The number of hydrogen-bond donors (Lipinski definition) is 1. The van der Waals surface area contributed by atoms with E-state index in [0.717, 1.165) is 21.9 Å². The molecular formula is C16H16N4O2. The Balaban J connectivity index is 2.31. The van der Waals surface area contributed by atoms with Gasteiger partial charge in [0.25, 0.3) is 0 Å². The van der Waals surface area contributed by atoms with Crippen molar-refractivity contribution in [3.8, 4) is 0 Å². The second-order valence-corrected chi connectivity index (χ2v) is 4.83. The van der Waals surface area contributed by atoms with Crippen LogP contribution in [-0.2, 0) is 16.1 Å². The van der Waals surface area contributed by atoms with E-state index in [-0.39, 0.29) is 12.5 Å². The third-order valence-electron chi connectivity index (χ3n) is 3.52. The molecule has 3 rings (SSSR count). The Morgan fingerprint density at radius 3 is 3.00 bits per heavy atom. The number of carbonyl (C=O) groups is 1. The van der Waals surface area contributed by atoms with Gasteiger partial charge in [0.1, 0.15) is 24.3 Å². The molecule has 0 atom stereocenters. The summed E-state index contributed by atoms with van der Waals surface area (Å²) in [7, 11) is 0. The average Bonchev–Trinajstić information content (AvgIpc) is 2.82. The molecule has 0 aliphatic rings. The molecule has 0 amide bonds. The van der Waals surface area contributed by atoms with Crippen molar-refractivity contribution < 1.29 is 9.53 Å². The molecule has 1 aromatic carbocycles. The number of aromatic nitrogens is 3. The minimum atomic E-state index is -0.314. The van der Waals surface area contributed by atoms with Gasteiger partial charge in [0.2, 0.25) is 0 Å². The van der Waals surface area contributed by atoms with Crippen molar-refractivity contribution in [3.05, 3.63) is 36.7 Å². The van der Waals surface area contributed by atoms with Gasteiger partial charge in [0, 0.05) is 5.39 Å². The Kier molecular flexibility index (Phi) is 3.50. The van der Waals surface area contributed by atoms with Crippen LogP contribution in [0.5, 0.6) is 0 Å². The molecule has 112 valence electrons. The van der Waals surface area contributed by atoms with Gasteiger partial charge in [-0.3, -0.25) is 4.79 Å². The van der Waals surface area contributed by atoms with Crippen LogP contribution in [0.3, 0.4) is 0 Å². The molecular weight excluding hydrogens is 280 g/mol. The van der Waals surface area contributed by atoms with Gasteiger partial charge in [0.05, 0.1) is 17.5 Å². The fourth-order valence-electron chi connectivity index (χ4n) is 2.58. The number of anilines is 1. The minimum Gasteiger partial charge on any atom is -0.465 e. The summed E-state index contributed by atoms with van der Waals surface area (Å²) < 4.78 is 6.84. The van der Waals surface area contributed by atoms with Crippen molar-refractivity contribution in [2.75, 3.05) is 12.3 Å². The van der Waals surface area contributed by atoms with Crippen LogP contribution in [0.2, 0.25) is 0 Å². The van der Waals surface area contributed by atoms with Gasteiger partial charge >= 0.3 is 5.97 Å². The number of hydrogen-bond acceptors (Lipinski definition) is 5. The lowest BCUT2D eigenvalue weighted by Gasteiger charge is -2.06. The number of nitrogens with two attached hydrogens (primary N) is 1. The van der Waals surface area contributed by atoms with Crippen LogP contribution in [0.25, 0.3) is 28.0 Å². The summed E-state index contributed by atoms with van der Waals surface area (Å²) in [5.74, 6) is 0.0742. The van der Waals surface area contributed by atoms with Crippen LogP contribution in [0, 0.1) is 0 Å². The zero-order valence-electron chi connectivity index (χ0n) is 12.2. The first kappa shape index (κ1) is 14.1. The summed E-state index contributed by atoms with van der Waals surface area (Å²) in [6.07, 6.45) is 3.15. The highest BCUT2D eigenvalue weighted by molar-refractivity contribution is 6.12. The Morgan fingerprint density at radius 1 is 1.45 bits per heavy atom. The Morgan fingerprint density at radius 2 is 2.27 bits per heavy atom. The maximum absolute atomic E-state index is 11.9. The normalized spacial score (nSPS) is 11.0. The van der Waals surface area contributed by atoms with Crippen LogP contribution in [0.4, 0.5) is 5.82 Å². The molecule has 0 fully saturated rings. The topological polar surface area (TPSA) is 83.0 Å². The number of rotatable bonds is 4. The predicted molar refractivity (Wildman–Crippen MR) is 86.2 cm³/mol. The standard InChI is InChI=1S/C16H16N4O2/c1-3-10-5-6-12-11(7-10)14-15(17)18-9-19-16(14)20(12)8-13(21)22-4-2/h3,5-7,9H,1,4,8H2,2H3,(H2,17,18,19). The summed E-state index contributed by atoms with van der Waals surface area (Å²) in [6, 6.07) is 5.82. The lowest BCUT2D eigenvalue weighted by Crippen LogP contribution is -2.13. The fourth-order valence-corrected chi connectivity index (χ4v) is 2.58. The summed E-state index contributed by atoms with van der Waals surface area (Å²) in [5.41, 5.74) is 8.46. The molecule has 0 saturated heterocycles. The molecule has 0 spiro atoms. The molecule has 2 aromatic heterocycles.